The summed E-state index contributed by atoms with van der Waals surface area (Å²) in [5.74, 6) is 6.26. The van der Waals surface area contributed by atoms with Crippen LogP contribution in [0.15, 0.2) is 60.2 Å². The quantitative estimate of drug-likeness (QED) is 0.344. The van der Waals surface area contributed by atoms with E-state index in [0.29, 0.717) is 18.4 Å². The molecule has 1 unspecified atom stereocenters. The summed E-state index contributed by atoms with van der Waals surface area (Å²) in [7, 11) is 4.18. The van der Waals surface area contributed by atoms with Crippen LogP contribution in [-0.2, 0) is 13.1 Å². The highest BCUT2D eigenvalue weighted by atomic mass is 31.0. The molecule has 0 N–H and O–H groups in total. The largest absolute Gasteiger partial charge is 0.324 e. The molecule has 0 radical (unpaired) electrons. The Hall–Kier alpha value is -2.89. The summed E-state index contributed by atoms with van der Waals surface area (Å²) < 4.78 is 13.6. The fourth-order valence-corrected chi connectivity index (χ4v) is 3.85. The number of carbonyl (C=O) groups is 1. The molecular formula is C26H28FN2OP. The van der Waals surface area contributed by atoms with Gasteiger partial charge in [-0.15, -0.1) is 9.24 Å². The lowest BCUT2D eigenvalue weighted by atomic mass is 10.0. The number of nitrogens with zero attached hydrogens (tertiary/aromatic N) is 2. The van der Waals surface area contributed by atoms with E-state index < -0.39 is 0 Å². The van der Waals surface area contributed by atoms with Crippen molar-refractivity contribution in [2.75, 3.05) is 11.9 Å². The second-order valence-electron chi connectivity index (χ2n) is 7.58. The van der Waals surface area contributed by atoms with E-state index in [9.17, 15) is 9.18 Å². The van der Waals surface area contributed by atoms with E-state index in [4.69, 9.17) is 0 Å². The van der Waals surface area contributed by atoms with E-state index in [1.165, 1.54) is 11.6 Å². The van der Waals surface area contributed by atoms with E-state index in [-0.39, 0.29) is 11.8 Å². The fraction of sp³-hybridized carbons (Fsp3) is 0.269. The molecule has 1 aliphatic rings. The Kier molecular flexibility index (Phi) is 7.66. The van der Waals surface area contributed by atoms with Crippen LogP contribution in [0.2, 0.25) is 0 Å². The van der Waals surface area contributed by atoms with Gasteiger partial charge in [-0.2, -0.15) is 0 Å². The molecule has 2 amide bonds. The summed E-state index contributed by atoms with van der Waals surface area (Å²) in [5.41, 5.74) is 5.10. The van der Waals surface area contributed by atoms with E-state index in [2.05, 4.69) is 40.1 Å². The molecule has 0 fully saturated rings. The highest BCUT2D eigenvalue weighted by molar-refractivity contribution is 7.27. The SMILES string of the molecule is C/C=C\C=C(/CC)CC#Cc1ccc2c(c1)CN(Cc1ccc(F)c(P)c1)C(=O)N2C. The number of hydrogen-bond donors (Lipinski definition) is 0. The minimum atomic E-state index is -0.267. The molecule has 0 spiro atoms. The van der Waals surface area contributed by atoms with Crippen LogP contribution in [0.1, 0.15) is 43.4 Å². The standard InChI is InChI=1S/C26H28FN2OP/c1-4-6-8-19(5-2)9-7-10-20-12-14-24-22(15-20)18-29(26(30)28(24)3)17-21-11-13-23(27)25(31)16-21/h4,6,8,11-16H,5,9,17-18,31H2,1-3H3/b6-4-,19-8+. The first-order valence-electron chi connectivity index (χ1n) is 10.4. The average molecular weight is 434 g/mol. The molecule has 0 saturated carbocycles. The van der Waals surface area contributed by atoms with Gasteiger partial charge in [-0.25, -0.2) is 9.18 Å². The molecule has 5 heteroatoms. The second-order valence-corrected chi connectivity index (χ2v) is 8.20. The molecule has 31 heavy (non-hydrogen) atoms. The molecule has 1 heterocycles. The Morgan fingerprint density at radius 1 is 1.26 bits per heavy atom. The third-order valence-corrected chi connectivity index (χ3v) is 5.76. The maximum absolute atomic E-state index is 13.6. The van der Waals surface area contributed by atoms with Gasteiger partial charge in [0.25, 0.3) is 0 Å². The molecule has 1 aliphatic heterocycles. The van der Waals surface area contributed by atoms with Gasteiger partial charge in [-0.1, -0.05) is 48.6 Å². The number of rotatable bonds is 5. The van der Waals surface area contributed by atoms with E-state index in [1.54, 1.807) is 29.0 Å². The number of urea groups is 1. The molecule has 3 nitrogen and oxygen atoms in total. The predicted molar refractivity (Wildman–Crippen MR) is 130 cm³/mol. The van der Waals surface area contributed by atoms with Gasteiger partial charge in [0, 0.05) is 37.4 Å². The molecule has 1 atom stereocenters. The Morgan fingerprint density at radius 2 is 2.06 bits per heavy atom. The number of fused-ring (bicyclic) bond motifs is 1. The van der Waals surface area contributed by atoms with Gasteiger partial charge < -0.3 is 4.90 Å². The monoisotopic (exact) mass is 434 g/mol. The summed E-state index contributed by atoms with van der Waals surface area (Å²) in [6, 6.07) is 10.8. The Labute approximate surface area is 186 Å². The molecule has 3 rings (SSSR count). The highest BCUT2D eigenvalue weighted by Crippen LogP contribution is 2.29. The minimum absolute atomic E-state index is 0.0670. The third kappa shape index (κ3) is 5.63. The molecule has 0 bridgehead atoms. The van der Waals surface area contributed by atoms with Gasteiger partial charge in [0.05, 0.1) is 5.69 Å². The number of hydrogen-bond acceptors (Lipinski definition) is 1. The van der Waals surface area contributed by atoms with E-state index >= 15 is 0 Å². The number of anilines is 1. The zero-order valence-electron chi connectivity index (χ0n) is 18.3. The van der Waals surface area contributed by atoms with Crippen molar-refractivity contribution in [2.45, 2.75) is 39.8 Å². The van der Waals surface area contributed by atoms with Crippen molar-refractivity contribution in [3.05, 3.63) is 82.7 Å². The Bertz CT molecular complexity index is 1090. The van der Waals surface area contributed by atoms with Crippen molar-refractivity contribution in [1.29, 1.82) is 0 Å². The first-order chi connectivity index (χ1) is 14.9. The molecule has 0 saturated heterocycles. The zero-order chi connectivity index (χ0) is 22.4. The van der Waals surface area contributed by atoms with Crippen LogP contribution in [0.5, 0.6) is 0 Å². The van der Waals surface area contributed by atoms with E-state index in [1.807, 2.05) is 31.2 Å². The summed E-state index contributed by atoms with van der Waals surface area (Å²) >= 11 is 0. The van der Waals surface area contributed by atoms with Crippen LogP contribution in [0.25, 0.3) is 0 Å². The molecule has 0 aliphatic carbocycles. The van der Waals surface area contributed by atoms with Crippen LogP contribution in [0.3, 0.4) is 0 Å². The maximum Gasteiger partial charge on any atom is 0.324 e. The maximum atomic E-state index is 13.6. The molecule has 160 valence electrons. The number of carbonyl (C=O) groups excluding carboxylic acids is 1. The summed E-state index contributed by atoms with van der Waals surface area (Å²) in [4.78, 5) is 16.3. The first kappa shape index (κ1) is 22.8. The summed E-state index contributed by atoms with van der Waals surface area (Å²) in [6.07, 6.45) is 7.90. The molecule has 0 aromatic heterocycles. The zero-order valence-corrected chi connectivity index (χ0v) is 19.4. The van der Waals surface area contributed by atoms with Crippen molar-refractivity contribution in [2.24, 2.45) is 0 Å². The smallest absolute Gasteiger partial charge is 0.316 e. The predicted octanol–water partition coefficient (Wildman–Crippen LogP) is 5.55. The van der Waals surface area contributed by atoms with Gasteiger partial charge in [-0.05, 0) is 54.8 Å². The molecule has 2 aromatic rings. The average Bonchev–Trinajstić information content (AvgIpc) is 2.76. The van der Waals surface area contributed by atoms with Crippen molar-refractivity contribution >= 4 is 26.3 Å². The number of benzene rings is 2. The third-order valence-electron chi connectivity index (χ3n) is 5.32. The lowest BCUT2D eigenvalue weighted by molar-refractivity contribution is 0.197. The van der Waals surface area contributed by atoms with Crippen LogP contribution in [0.4, 0.5) is 14.9 Å². The van der Waals surface area contributed by atoms with Crippen LogP contribution >= 0.6 is 9.24 Å². The van der Waals surface area contributed by atoms with Gasteiger partial charge in [-0.3, -0.25) is 4.90 Å². The van der Waals surface area contributed by atoms with Gasteiger partial charge in [0.15, 0.2) is 0 Å². The van der Waals surface area contributed by atoms with Gasteiger partial charge >= 0.3 is 6.03 Å². The Balaban J connectivity index is 1.79. The van der Waals surface area contributed by atoms with Crippen molar-refractivity contribution in [1.82, 2.24) is 4.90 Å². The highest BCUT2D eigenvalue weighted by Gasteiger charge is 2.27. The number of allylic oxidation sites excluding steroid dienone is 4. The van der Waals surface area contributed by atoms with Crippen molar-refractivity contribution in [3.63, 3.8) is 0 Å². The fourth-order valence-electron chi connectivity index (χ4n) is 3.53. The second kappa shape index (κ2) is 10.4. The minimum Gasteiger partial charge on any atom is -0.316 e. The Morgan fingerprint density at radius 3 is 2.77 bits per heavy atom. The van der Waals surface area contributed by atoms with Gasteiger partial charge in [0.1, 0.15) is 5.82 Å². The number of halogens is 1. The lowest BCUT2D eigenvalue weighted by Crippen LogP contribution is -2.44. The lowest BCUT2D eigenvalue weighted by Gasteiger charge is -2.35. The van der Waals surface area contributed by atoms with Crippen LogP contribution in [-0.4, -0.2) is 18.0 Å². The molecular weight excluding hydrogens is 406 g/mol. The first-order valence-corrected chi connectivity index (χ1v) is 11.0. The normalized spacial score (nSPS) is 14.0. The summed E-state index contributed by atoms with van der Waals surface area (Å²) in [6.45, 7) is 5.07. The topological polar surface area (TPSA) is 23.6 Å². The van der Waals surface area contributed by atoms with Crippen molar-refractivity contribution in [3.8, 4) is 11.8 Å². The molecule has 2 aromatic carbocycles. The van der Waals surface area contributed by atoms with Crippen LogP contribution in [0, 0.1) is 17.7 Å². The number of amides is 2. The van der Waals surface area contributed by atoms with Gasteiger partial charge in [0.2, 0.25) is 0 Å². The van der Waals surface area contributed by atoms with Crippen molar-refractivity contribution < 1.29 is 9.18 Å². The summed E-state index contributed by atoms with van der Waals surface area (Å²) in [5, 5.41) is 0.503. The van der Waals surface area contributed by atoms with Crippen LogP contribution < -0.4 is 10.2 Å². The van der Waals surface area contributed by atoms with E-state index in [0.717, 1.165) is 35.2 Å².